The van der Waals surface area contributed by atoms with E-state index in [-0.39, 0.29) is 0 Å². The van der Waals surface area contributed by atoms with Crippen LogP contribution < -0.4 is 0 Å². The molecule has 0 aliphatic carbocycles. The molecule has 2 aliphatic rings. The van der Waals surface area contributed by atoms with Gasteiger partial charge in [-0.2, -0.15) is 11.8 Å². The van der Waals surface area contributed by atoms with Crippen LogP contribution in [0.2, 0.25) is 0 Å². The zero-order chi connectivity index (χ0) is 9.38. The summed E-state index contributed by atoms with van der Waals surface area (Å²) in [5.74, 6) is 4.74. The lowest BCUT2D eigenvalue weighted by Crippen LogP contribution is -2.15. The van der Waals surface area contributed by atoms with Crippen molar-refractivity contribution in [2.75, 3.05) is 11.5 Å². The van der Waals surface area contributed by atoms with Gasteiger partial charge >= 0.3 is 0 Å². The minimum absolute atomic E-state index is 0.742. The molecular formula is C11H16N2S. The van der Waals surface area contributed by atoms with E-state index in [0.29, 0.717) is 0 Å². The SMILES string of the molecule is c1nc(C2CCSC2)n2c1CCCC2. The Morgan fingerprint density at radius 2 is 2.43 bits per heavy atom. The highest BCUT2D eigenvalue weighted by Gasteiger charge is 2.24. The van der Waals surface area contributed by atoms with Crippen molar-refractivity contribution < 1.29 is 0 Å². The maximum absolute atomic E-state index is 4.63. The topological polar surface area (TPSA) is 17.8 Å². The first-order valence-corrected chi connectivity index (χ1v) is 6.72. The van der Waals surface area contributed by atoms with Crippen LogP contribution >= 0.6 is 11.8 Å². The van der Waals surface area contributed by atoms with E-state index in [1.165, 1.54) is 55.3 Å². The molecule has 1 aromatic rings. The Bertz CT molecular complexity index is 326. The Balaban J connectivity index is 1.93. The van der Waals surface area contributed by atoms with Gasteiger partial charge in [0.15, 0.2) is 0 Å². The summed E-state index contributed by atoms with van der Waals surface area (Å²) in [6, 6.07) is 0. The molecule has 3 heteroatoms. The second-order valence-corrected chi connectivity index (χ2v) is 5.43. The van der Waals surface area contributed by atoms with Gasteiger partial charge in [-0.3, -0.25) is 0 Å². The summed E-state index contributed by atoms with van der Waals surface area (Å²) in [5.41, 5.74) is 1.48. The Labute approximate surface area is 89.1 Å². The minimum Gasteiger partial charge on any atom is -0.332 e. The fourth-order valence-electron chi connectivity index (χ4n) is 2.52. The Morgan fingerprint density at radius 3 is 3.29 bits per heavy atom. The Kier molecular flexibility index (Phi) is 2.28. The van der Waals surface area contributed by atoms with Crippen LogP contribution in [0.15, 0.2) is 6.20 Å². The molecular weight excluding hydrogens is 192 g/mol. The quantitative estimate of drug-likeness (QED) is 0.705. The summed E-state index contributed by atoms with van der Waals surface area (Å²) in [7, 11) is 0. The van der Waals surface area contributed by atoms with Crippen molar-refractivity contribution in [3.05, 3.63) is 17.7 Å². The number of fused-ring (bicyclic) bond motifs is 1. The monoisotopic (exact) mass is 208 g/mol. The van der Waals surface area contributed by atoms with Gasteiger partial charge in [-0.05, 0) is 31.4 Å². The Hall–Kier alpha value is -0.440. The van der Waals surface area contributed by atoms with Crippen molar-refractivity contribution in [1.82, 2.24) is 9.55 Å². The highest BCUT2D eigenvalue weighted by Crippen LogP contribution is 2.33. The van der Waals surface area contributed by atoms with E-state index in [4.69, 9.17) is 0 Å². The van der Waals surface area contributed by atoms with Crippen LogP contribution in [0.4, 0.5) is 0 Å². The van der Waals surface area contributed by atoms with Crippen molar-refractivity contribution in [1.29, 1.82) is 0 Å². The van der Waals surface area contributed by atoms with Gasteiger partial charge in [0, 0.05) is 30.1 Å². The van der Waals surface area contributed by atoms with Crippen molar-refractivity contribution in [3.8, 4) is 0 Å². The van der Waals surface area contributed by atoms with Crippen LogP contribution in [-0.4, -0.2) is 21.1 Å². The number of aromatic nitrogens is 2. The van der Waals surface area contributed by atoms with Crippen LogP contribution in [0.25, 0.3) is 0 Å². The molecule has 0 amide bonds. The van der Waals surface area contributed by atoms with Crippen LogP contribution in [-0.2, 0) is 13.0 Å². The first-order chi connectivity index (χ1) is 6.95. The van der Waals surface area contributed by atoms with E-state index in [2.05, 4.69) is 27.5 Å². The fraction of sp³-hybridized carbons (Fsp3) is 0.727. The summed E-state index contributed by atoms with van der Waals surface area (Å²) >= 11 is 2.08. The van der Waals surface area contributed by atoms with E-state index in [1.54, 1.807) is 0 Å². The first-order valence-electron chi connectivity index (χ1n) is 5.57. The van der Waals surface area contributed by atoms with Crippen molar-refractivity contribution in [2.24, 2.45) is 0 Å². The third kappa shape index (κ3) is 1.38. The van der Waals surface area contributed by atoms with Gasteiger partial charge in [0.05, 0.1) is 0 Å². The zero-order valence-corrected chi connectivity index (χ0v) is 9.22. The van der Waals surface area contributed by atoms with Crippen LogP contribution in [0, 0.1) is 0 Å². The molecule has 2 nitrogen and oxygen atoms in total. The van der Waals surface area contributed by atoms with Gasteiger partial charge in [-0.1, -0.05) is 0 Å². The summed E-state index contributed by atoms with van der Waals surface area (Å²) in [6.07, 6.45) is 7.38. The van der Waals surface area contributed by atoms with Crippen LogP contribution in [0.3, 0.4) is 0 Å². The lowest BCUT2D eigenvalue weighted by atomic mass is 10.1. The van der Waals surface area contributed by atoms with E-state index in [1.807, 2.05) is 0 Å². The molecule has 0 saturated carbocycles. The molecule has 1 fully saturated rings. The molecule has 1 saturated heterocycles. The summed E-state index contributed by atoms with van der Waals surface area (Å²) in [6.45, 7) is 1.21. The molecule has 1 aromatic heterocycles. The predicted molar refractivity (Wildman–Crippen MR) is 59.8 cm³/mol. The fourth-order valence-corrected chi connectivity index (χ4v) is 3.74. The second kappa shape index (κ2) is 3.61. The summed E-state index contributed by atoms with van der Waals surface area (Å²) in [4.78, 5) is 4.63. The first kappa shape index (κ1) is 8.84. The molecule has 1 unspecified atom stereocenters. The zero-order valence-electron chi connectivity index (χ0n) is 8.41. The minimum atomic E-state index is 0.742. The smallest absolute Gasteiger partial charge is 0.112 e. The van der Waals surface area contributed by atoms with Gasteiger partial charge < -0.3 is 4.57 Å². The lowest BCUT2D eigenvalue weighted by Gasteiger charge is -2.18. The summed E-state index contributed by atoms with van der Waals surface area (Å²) < 4.78 is 2.49. The van der Waals surface area contributed by atoms with E-state index >= 15 is 0 Å². The molecule has 3 rings (SSSR count). The molecule has 0 spiro atoms. The summed E-state index contributed by atoms with van der Waals surface area (Å²) in [5, 5.41) is 0. The van der Waals surface area contributed by atoms with Gasteiger partial charge in [0.2, 0.25) is 0 Å². The molecule has 14 heavy (non-hydrogen) atoms. The lowest BCUT2D eigenvalue weighted by molar-refractivity contribution is 0.500. The number of rotatable bonds is 1. The number of aryl methyl sites for hydroxylation is 1. The largest absolute Gasteiger partial charge is 0.332 e. The molecule has 0 aromatic carbocycles. The maximum Gasteiger partial charge on any atom is 0.112 e. The van der Waals surface area contributed by atoms with Crippen molar-refractivity contribution >= 4 is 11.8 Å². The molecule has 3 heterocycles. The Morgan fingerprint density at radius 1 is 1.43 bits per heavy atom. The molecule has 1 atom stereocenters. The standard InChI is InChI=1S/C11H16N2S/c1-2-5-13-10(3-1)7-12-11(13)9-4-6-14-8-9/h7,9H,1-6,8H2. The maximum atomic E-state index is 4.63. The molecule has 76 valence electrons. The number of nitrogens with zero attached hydrogens (tertiary/aromatic N) is 2. The van der Waals surface area contributed by atoms with Crippen LogP contribution in [0.5, 0.6) is 0 Å². The van der Waals surface area contributed by atoms with Gasteiger partial charge in [0.1, 0.15) is 5.82 Å². The molecule has 2 aliphatic heterocycles. The third-order valence-corrected chi connectivity index (χ3v) is 4.49. The van der Waals surface area contributed by atoms with E-state index in [0.717, 1.165) is 5.92 Å². The van der Waals surface area contributed by atoms with E-state index in [9.17, 15) is 0 Å². The van der Waals surface area contributed by atoms with Gasteiger partial charge in [0.25, 0.3) is 0 Å². The molecule has 0 bridgehead atoms. The predicted octanol–water partition coefficient (Wildman–Crippen LogP) is 2.44. The van der Waals surface area contributed by atoms with Crippen LogP contribution in [0.1, 0.15) is 36.7 Å². The van der Waals surface area contributed by atoms with Crippen molar-refractivity contribution in [2.45, 2.75) is 38.1 Å². The second-order valence-electron chi connectivity index (χ2n) is 4.28. The third-order valence-electron chi connectivity index (χ3n) is 3.33. The normalized spacial score (nSPS) is 26.4. The number of thioether (sulfide) groups is 1. The van der Waals surface area contributed by atoms with Gasteiger partial charge in [-0.25, -0.2) is 4.98 Å². The van der Waals surface area contributed by atoms with Gasteiger partial charge in [-0.15, -0.1) is 0 Å². The average Bonchev–Trinajstić information content (AvgIpc) is 2.85. The highest BCUT2D eigenvalue weighted by atomic mass is 32.2. The van der Waals surface area contributed by atoms with Crippen molar-refractivity contribution in [3.63, 3.8) is 0 Å². The number of hydrogen-bond acceptors (Lipinski definition) is 2. The molecule has 0 N–H and O–H groups in total. The highest BCUT2D eigenvalue weighted by molar-refractivity contribution is 7.99. The average molecular weight is 208 g/mol. The van der Waals surface area contributed by atoms with E-state index < -0.39 is 0 Å². The molecule has 0 radical (unpaired) electrons. The number of imidazole rings is 1. The number of hydrogen-bond donors (Lipinski definition) is 0.